The van der Waals surface area contributed by atoms with Crippen molar-refractivity contribution in [3.8, 4) is 0 Å². The molecule has 5 heterocycles. The van der Waals surface area contributed by atoms with E-state index >= 15 is 0 Å². The highest BCUT2D eigenvalue weighted by molar-refractivity contribution is 7.85. The number of aromatic nitrogens is 2. The van der Waals surface area contributed by atoms with E-state index in [1.54, 1.807) is 6.07 Å². The second-order valence-electron chi connectivity index (χ2n) is 22.1. The lowest BCUT2D eigenvalue weighted by Gasteiger charge is -2.53. The fourth-order valence-electron chi connectivity index (χ4n) is 14.1. The van der Waals surface area contributed by atoms with Gasteiger partial charge in [0.1, 0.15) is 35.8 Å². The number of carbonyl (C=O) groups excluding carboxylic acids is 2. The molecule has 6 fully saturated rings. The van der Waals surface area contributed by atoms with E-state index in [0.717, 1.165) is 51.2 Å². The fourth-order valence-corrected chi connectivity index (χ4v) is 15.1. The van der Waals surface area contributed by atoms with Crippen molar-refractivity contribution in [1.82, 2.24) is 8.96 Å². The topological polar surface area (TPSA) is 181 Å². The van der Waals surface area contributed by atoms with Gasteiger partial charge in [0.2, 0.25) is 0 Å². The Hall–Kier alpha value is -5.31. The maximum absolute atomic E-state index is 13.6. The van der Waals surface area contributed by atoms with E-state index in [9.17, 15) is 23.5 Å². The minimum Gasteiger partial charge on any atom is -0.455 e. The molecular weight excluding hydrogens is 907 g/mol. The molecule has 15 heteroatoms. The number of hydrogen-bond donors (Lipinski definition) is 0. The van der Waals surface area contributed by atoms with Crippen LogP contribution in [0.5, 0.6) is 0 Å². The number of rotatable bonds is 10. The summed E-state index contributed by atoms with van der Waals surface area (Å²) in [5, 5.41) is 8.31. The number of ether oxygens (including phenoxy) is 4. The maximum Gasteiger partial charge on any atom is 0.367 e. The number of imidazole rings is 1. The highest BCUT2D eigenvalue weighted by Gasteiger charge is 2.73. The summed E-state index contributed by atoms with van der Waals surface area (Å²) >= 11 is 0. The third kappa shape index (κ3) is 7.73. The largest absolute Gasteiger partial charge is 0.455 e. The van der Waals surface area contributed by atoms with Gasteiger partial charge >= 0.3 is 22.2 Å². The van der Waals surface area contributed by atoms with Gasteiger partial charge in [-0.1, -0.05) is 107 Å². The second kappa shape index (κ2) is 17.8. The Balaban J connectivity index is 0.000000165. The molecule has 4 saturated heterocycles. The van der Waals surface area contributed by atoms with Crippen molar-refractivity contribution in [3.05, 3.63) is 125 Å². The first kappa shape index (κ1) is 48.3. The van der Waals surface area contributed by atoms with Crippen molar-refractivity contribution >= 4 is 43.8 Å². The Morgan fingerprint density at radius 2 is 1.21 bits per heavy atom. The van der Waals surface area contributed by atoms with Crippen LogP contribution in [0.3, 0.4) is 0 Å². The zero-order chi connectivity index (χ0) is 49.5. The average Bonchev–Trinajstić information content (AvgIpc) is 4.18. The fraction of sp³-hybridized carbons (Fsp3) is 0.545. The van der Waals surface area contributed by atoms with Gasteiger partial charge in [-0.3, -0.25) is 0 Å². The summed E-state index contributed by atoms with van der Waals surface area (Å²) in [6, 6.07) is 27.0. The van der Waals surface area contributed by atoms with Gasteiger partial charge in [0.05, 0.1) is 28.4 Å². The number of hydrogen-bond acceptors (Lipinski definition) is 11. The number of esters is 2. The second-order valence-corrected chi connectivity index (χ2v) is 23.6. The molecule has 0 N–H and O–H groups in total. The van der Waals surface area contributed by atoms with Gasteiger partial charge in [0, 0.05) is 35.6 Å². The molecule has 1 aromatic heterocycles. The van der Waals surface area contributed by atoms with Crippen LogP contribution in [-0.4, -0.2) is 76.1 Å². The molecule has 4 bridgehead atoms. The minimum absolute atomic E-state index is 0.00994. The third-order valence-corrected chi connectivity index (χ3v) is 19.1. The van der Waals surface area contributed by atoms with Crippen molar-refractivity contribution in [2.24, 2.45) is 52.5 Å². The monoisotopic (exact) mass is 971 g/mol. The zero-order valence-electron chi connectivity index (χ0n) is 41.3. The van der Waals surface area contributed by atoms with Crippen molar-refractivity contribution in [2.45, 2.75) is 141 Å². The predicted molar refractivity (Wildman–Crippen MR) is 265 cm³/mol. The van der Waals surface area contributed by atoms with Crippen LogP contribution in [0.1, 0.15) is 115 Å². The first-order valence-corrected chi connectivity index (χ1v) is 26.5. The van der Waals surface area contributed by atoms with Gasteiger partial charge in [-0.25, -0.2) is 22.7 Å². The lowest BCUT2D eigenvalue weighted by atomic mass is 9.69. The average molecular weight is 972 g/mol. The van der Waals surface area contributed by atoms with E-state index in [1.165, 1.54) is 18.7 Å². The van der Waals surface area contributed by atoms with E-state index in [1.807, 2.05) is 99.6 Å². The molecule has 6 aliphatic rings. The number of benzene rings is 4. The van der Waals surface area contributed by atoms with Crippen LogP contribution in [0.15, 0.2) is 109 Å². The predicted octanol–water partition coefficient (Wildman–Crippen LogP) is 11.3. The molecule has 14 atom stereocenters. The number of nitrogens with zero attached hydrogens (tertiary/aromatic N) is 5. The van der Waals surface area contributed by atoms with Gasteiger partial charge in [0.15, 0.2) is 0 Å². The van der Waals surface area contributed by atoms with Crippen molar-refractivity contribution in [1.29, 1.82) is 0 Å². The Morgan fingerprint density at radius 3 is 1.70 bits per heavy atom. The van der Waals surface area contributed by atoms with E-state index < -0.39 is 44.9 Å². The molecule has 2 aliphatic carbocycles. The molecule has 0 amide bonds. The molecule has 0 radical (unpaired) electrons. The van der Waals surface area contributed by atoms with Gasteiger partial charge in [-0.05, 0) is 133 Å². The molecule has 4 aromatic carbocycles. The molecule has 11 rings (SSSR count). The lowest BCUT2D eigenvalue weighted by molar-refractivity contribution is -0.256. The normalized spacial score (nSPS) is 36.0. The summed E-state index contributed by atoms with van der Waals surface area (Å²) in [7, 11) is -4.11. The Kier molecular flexibility index (Phi) is 12.3. The smallest absolute Gasteiger partial charge is 0.367 e. The lowest BCUT2D eigenvalue weighted by Crippen LogP contribution is -2.62. The molecule has 5 aromatic rings. The standard InChI is InChI=1S/C29H34N2O6S.C26H31N3O3/c1-18(2)29-16-24(36-38(33,34)31-14-13-30-17-31)28(4,37-29)23-12-9-19(3)25(23)26(29)35-27(32)22-11-10-20-7-5-6-8-21(20)15-22;1-15(2)26-14-21(28-29-27)25(4,32-26)20-12-9-16(3)22(20)23(26)31-24(30)19-11-10-17-7-5-6-8-18(17)13-19/h5-8,10-11,13-15,17-19,23-26H,9,12,16H2,1-4H3;5-8,10-11,13,15-16,20-23H,9,12,14H2,1-4H3. The van der Waals surface area contributed by atoms with Crippen LogP contribution in [0.25, 0.3) is 32.0 Å². The SMILES string of the molecule is CC1CCC2C1C(OC(=O)c1ccc3ccccc3c1)C1(C(C)C)CC(N=[N+]=[N-])C2(C)O1.CC1CCC2C1C(OC(=O)c1ccc3ccccc3c1)C1(C(C)C)CC(OS(=O)(=O)n3ccnc3)C2(C)O1. The first-order chi connectivity index (χ1) is 33.3. The third-order valence-electron chi connectivity index (χ3n) is 17.9. The summed E-state index contributed by atoms with van der Waals surface area (Å²) in [5.74, 6) is 0.503. The number of carbonyl (C=O) groups is 2. The van der Waals surface area contributed by atoms with Crippen LogP contribution >= 0.6 is 0 Å². The summed E-state index contributed by atoms with van der Waals surface area (Å²) in [4.78, 5) is 34.0. The number of fused-ring (bicyclic) bond motifs is 10. The molecule has 14 nitrogen and oxygen atoms in total. The molecule has 14 unspecified atom stereocenters. The first-order valence-electron chi connectivity index (χ1n) is 25.1. The molecule has 370 valence electrons. The van der Waals surface area contributed by atoms with Crippen LogP contribution in [0.2, 0.25) is 0 Å². The molecule has 2 saturated carbocycles. The Labute approximate surface area is 410 Å². The summed E-state index contributed by atoms with van der Waals surface area (Å²) < 4.78 is 59.7. The van der Waals surface area contributed by atoms with Crippen molar-refractivity contribution < 1.29 is 41.1 Å². The quantitative estimate of drug-likeness (QED) is 0.0565. The van der Waals surface area contributed by atoms with Crippen molar-refractivity contribution in [3.63, 3.8) is 0 Å². The Bertz CT molecular complexity index is 2980. The summed E-state index contributed by atoms with van der Waals surface area (Å²) in [6.45, 7) is 16.9. The molecule has 0 spiro atoms. The molecule has 4 aliphatic heterocycles. The number of azide groups is 1. The van der Waals surface area contributed by atoms with E-state index in [2.05, 4.69) is 49.6 Å². The van der Waals surface area contributed by atoms with Crippen LogP contribution < -0.4 is 0 Å². The van der Waals surface area contributed by atoms with Crippen LogP contribution in [0, 0.1) is 47.3 Å². The molecular formula is C55H65N5O9S. The highest BCUT2D eigenvalue weighted by atomic mass is 32.2. The van der Waals surface area contributed by atoms with Crippen molar-refractivity contribution in [2.75, 3.05) is 0 Å². The minimum atomic E-state index is -4.11. The molecule has 70 heavy (non-hydrogen) atoms. The van der Waals surface area contributed by atoms with Gasteiger partial charge in [-0.15, -0.1) is 0 Å². The Morgan fingerprint density at radius 1 is 0.729 bits per heavy atom. The maximum atomic E-state index is 13.6. The van der Waals surface area contributed by atoms with E-state index in [4.69, 9.17) is 23.1 Å². The van der Waals surface area contributed by atoms with Gasteiger partial charge in [-0.2, -0.15) is 8.42 Å². The van der Waals surface area contributed by atoms with Crippen LogP contribution in [0.4, 0.5) is 0 Å². The van der Waals surface area contributed by atoms with E-state index in [-0.39, 0.29) is 59.6 Å². The highest BCUT2D eigenvalue weighted by Crippen LogP contribution is 2.65. The van der Waals surface area contributed by atoms with E-state index in [0.29, 0.717) is 35.8 Å². The van der Waals surface area contributed by atoms with Gasteiger partial charge < -0.3 is 18.9 Å². The van der Waals surface area contributed by atoms with Crippen LogP contribution in [-0.2, 0) is 33.4 Å². The summed E-state index contributed by atoms with van der Waals surface area (Å²) in [6.07, 6.45) is 7.12. The summed E-state index contributed by atoms with van der Waals surface area (Å²) in [5.41, 5.74) is 7.41. The van der Waals surface area contributed by atoms with Gasteiger partial charge in [0.25, 0.3) is 0 Å². The zero-order valence-corrected chi connectivity index (χ0v) is 42.1.